The topological polar surface area (TPSA) is 67.2 Å². The molecule has 1 aliphatic rings. The highest BCUT2D eigenvalue weighted by atomic mass is 16.6. The fraction of sp³-hybridized carbons (Fsp3) is 0.455. The van der Waals surface area contributed by atoms with Crippen LogP contribution >= 0.6 is 0 Å². The van der Waals surface area contributed by atoms with Gasteiger partial charge in [0, 0.05) is 18.2 Å². The van der Waals surface area contributed by atoms with Crippen molar-refractivity contribution < 1.29 is 4.92 Å². The number of hydrogen-bond donors (Lipinski definition) is 2. The molecule has 0 amide bonds. The summed E-state index contributed by atoms with van der Waals surface area (Å²) < 4.78 is 0. The molecule has 2 rings (SSSR count). The Morgan fingerprint density at radius 2 is 2.38 bits per heavy atom. The minimum atomic E-state index is -0.319. The lowest BCUT2D eigenvalue weighted by molar-refractivity contribution is -0.384. The zero-order valence-corrected chi connectivity index (χ0v) is 9.19. The Morgan fingerprint density at radius 1 is 1.56 bits per heavy atom. The van der Waals surface area contributed by atoms with Crippen LogP contribution in [0.5, 0.6) is 0 Å². The van der Waals surface area contributed by atoms with Gasteiger partial charge in [-0.1, -0.05) is 12.1 Å². The molecule has 1 heterocycles. The Morgan fingerprint density at radius 3 is 3.00 bits per heavy atom. The highest BCUT2D eigenvalue weighted by Crippen LogP contribution is 2.28. The van der Waals surface area contributed by atoms with E-state index in [1.54, 1.807) is 19.1 Å². The molecule has 2 N–H and O–H groups in total. The molecule has 0 aromatic heterocycles. The third kappa shape index (κ3) is 2.14. The van der Waals surface area contributed by atoms with E-state index in [1.807, 2.05) is 6.07 Å². The van der Waals surface area contributed by atoms with Crippen molar-refractivity contribution in [3.63, 3.8) is 0 Å². The monoisotopic (exact) mass is 221 g/mol. The number of nitrogens with zero attached hydrogens (tertiary/aromatic N) is 1. The van der Waals surface area contributed by atoms with E-state index in [1.165, 1.54) is 0 Å². The Balaban J connectivity index is 2.25. The van der Waals surface area contributed by atoms with Gasteiger partial charge in [-0.3, -0.25) is 10.1 Å². The fourth-order valence-corrected chi connectivity index (χ4v) is 2.02. The number of para-hydroxylation sites is 1. The van der Waals surface area contributed by atoms with E-state index in [0.29, 0.717) is 17.3 Å². The first-order valence-electron chi connectivity index (χ1n) is 5.40. The van der Waals surface area contributed by atoms with Crippen molar-refractivity contribution in [2.75, 3.05) is 18.4 Å². The van der Waals surface area contributed by atoms with Crippen LogP contribution in [0.15, 0.2) is 18.2 Å². The predicted octanol–water partition coefficient (Wildman–Crippen LogP) is 1.68. The van der Waals surface area contributed by atoms with E-state index in [0.717, 1.165) is 19.5 Å². The number of nitro groups is 1. The summed E-state index contributed by atoms with van der Waals surface area (Å²) in [5.74, 6) is 0. The second kappa shape index (κ2) is 4.49. The molecule has 1 aromatic rings. The first-order chi connectivity index (χ1) is 7.68. The van der Waals surface area contributed by atoms with Gasteiger partial charge in [-0.15, -0.1) is 0 Å². The van der Waals surface area contributed by atoms with Crippen LogP contribution in [0.1, 0.15) is 12.0 Å². The molecule has 1 aliphatic heterocycles. The second-order valence-electron chi connectivity index (χ2n) is 4.06. The first kappa shape index (κ1) is 10.9. The van der Waals surface area contributed by atoms with E-state index in [2.05, 4.69) is 10.6 Å². The molecule has 1 unspecified atom stereocenters. The summed E-state index contributed by atoms with van der Waals surface area (Å²) in [5, 5.41) is 17.4. The summed E-state index contributed by atoms with van der Waals surface area (Å²) in [6, 6.07) is 5.66. The van der Waals surface area contributed by atoms with E-state index in [-0.39, 0.29) is 10.6 Å². The third-order valence-corrected chi connectivity index (χ3v) is 2.84. The smallest absolute Gasteiger partial charge is 0.295 e. The van der Waals surface area contributed by atoms with Crippen molar-refractivity contribution in [1.82, 2.24) is 5.32 Å². The molecule has 5 heteroatoms. The minimum absolute atomic E-state index is 0.189. The van der Waals surface area contributed by atoms with Crippen LogP contribution < -0.4 is 10.6 Å². The van der Waals surface area contributed by atoms with Crippen LogP contribution in [0.2, 0.25) is 0 Å². The van der Waals surface area contributed by atoms with Gasteiger partial charge in [0.2, 0.25) is 0 Å². The molecule has 1 fully saturated rings. The van der Waals surface area contributed by atoms with Crippen molar-refractivity contribution in [2.45, 2.75) is 19.4 Å². The van der Waals surface area contributed by atoms with Gasteiger partial charge in [0.1, 0.15) is 5.69 Å². The number of benzene rings is 1. The average Bonchev–Trinajstić information content (AvgIpc) is 2.70. The summed E-state index contributed by atoms with van der Waals surface area (Å²) in [5.41, 5.74) is 1.51. The Bertz CT molecular complexity index is 400. The van der Waals surface area contributed by atoms with Crippen molar-refractivity contribution in [2.24, 2.45) is 0 Å². The molecular weight excluding hydrogens is 206 g/mol. The van der Waals surface area contributed by atoms with Gasteiger partial charge in [-0.2, -0.15) is 0 Å². The molecule has 0 saturated carbocycles. The molecule has 1 aromatic carbocycles. The summed E-state index contributed by atoms with van der Waals surface area (Å²) in [6.45, 7) is 3.60. The number of nitrogens with one attached hydrogen (secondary N) is 2. The van der Waals surface area contributed by atoms with Gasteiger partial charge in [-0.05, 0) is 26.0 Å². The second-order valence-corrected chi connectivity index (χ2v) is 4.06. The van der Waals surface area contributed by atoms with Crippen molar-refractivity contribution in [3.8, 4) is 0 Å². The van der Waals surface area contributed by atoms with Gasteiger partial charge < -0.3 is 10.6 Å². The third-order valence-electron chi connectivity index (χ3n) is 2.84. The average molecular weight is 221 g/mol. The minimum Gasteiger partial charge on any atom is -0.375 e. The number of aryl methyl sites for hydroxylation is 1. The van der Waals surface area contributed by atoms with Gasteiger partial charge in [-0.25, -0.2) is 0 Å². The number of rotatable bonds is 3. The van der Waals surface area contributed by atoms with Crippen molar-refractivity contribution in [1.29, 1.82) is 0 Å². The van der Waals surface area contributed by atoms with Crippen LogP contribution in [-0.2, 0) is 0 Å². The molecule has 0 aliphatic carbocycles. The van der Waals surface area contributed by atoms with Crippen LogP contribution in [0.3, 0.4) is 0 Å². The molecule has 0 radical (unpaired) electrons. The number of anilines is 1. The molecule has 5 nitrogen and oxygen atoms in total. The highest BCUT2D eigenvalue weighted by molar-refractivity contribution is 5.65. The van der Waals surface area contributed by atoms with E-state index in [9.17, 15) is 10.1 Å². The molecule has 0 bridgehead atoms. The summed E-state index contributed by atoms with van der Waals surface area (Å²) in [6.07, 6.45) is 1.01. The van der Waals surface area contributed by atoms with E-state index < -0.39 is 0 Å². The summed E-state index contributed by atoms with van der Waals surface area (Å²) in [4.78, 5) is 10.6. The predicted molar refractivity (Wildman–Crippen MR) is 62.7 cm³/mol. The van der Waals surface area contributed by atoms with Crippen LogP contribution in [0, 0.1) is 17.0 Å². The normalized spacial score (nSPS) is 19.7. The lowest BCUT2D eigenvalue weighted by Gasteiger charge is -2.13. The van der Waals surface area contributed by atoms with Gasteiger partial charge in [0.25, 0.3) is 5.69 Å². The van der Waals surface area contributed by atoms with Gasteiger partial charge in [0.15, 0.2) is 0 Å². The SMILES string of the molecule is Cc1cccc(NC2CCNC2)c1[N+](=O)[O-]. The van der Waals surface area contributed by atoms with Gasteiger partial charge >= 0.3 is 0 Å². The molecular formula is C11H15N3O2. The fourth-order valence-electron chi connectivity index (χ4n) is 2.02. The van der Waals surface area contributed by atoms with E-state index >= 15 is 0 Å². The Kier molecular flexibility index (Phi) is 3.05. The maximum Gasteiger partial charge on any atom is 0.295 e. The molecule has 16 heavy (non-hydrogen) atoms. The van der Waals surface area contributed by atoms with Crippen molar-refractivity contribution in [3.05, 3.63) is 33.9 Å². The Hall–Kier alpha value is -1.62. The summed E-state index contributed by atoms with van der Waals surface area (Å²) >= 11 is 0. The zero-order valence-electron chi connectivity index (χ0n) is 9.19. The van der Waals surface area contributed by atoms with Crippen molar-refractivity contribution >= 4 is 11.4 Å². The lowest BCUT2D eigenvalue weighted by Crippen LogP contribution is -2.22. The number of hydrogen-bond acceptors (Lipinski definition) is 4. The largest absolute Gasteiger partial charge is 0.375 e. The molecule has 0 spiro atoms. The standard InChI is InChI=1S/C11H15N3O2/c1-8-3-2-4-10(11(8)14(15)16)13-9-5-6-12-7-9/h2-4,9,12-13H,5-7H2,1H3. The quantitative estimate of drug-likeness (QED) is 0.602. The first-order valence-corrected chi connectivity index (χ1v) is 5.40. The maximum absolute atomic E-state index is 11.0. The Labute approximate surface area is 94.0 Å². The van der Waals surface area contributed by atoms with Crippen LogP contribution in [0.4, 0.5) is 11.4 Å². The van der Waals surface area contributed by atoms with Gasteiger partial charge in [0.05, 0.1) is 4.92 Å². The maximum atomic E-state index is 11.0. The molecule has 86 valence electrons. The molecule has 1 atom stereocenters. The number of nitro benzene ring substituents is 1. The zero-order chi connectivity index (χ0) is 11.5. The lowest BCUT2D eigenvalue weighted by atomic mass is 10.1. The van der Waals surface area contributed by atoms with Crippen LogP contribution in [0.25, 0.3) is 0 Å². The van der Waals surface area contributed by atoms with Crippen LogP contribution in [-0.4, -0.2) is 24.1 Å². The summed E-state index contributed by atoms with van der Waals surface area (Å²) in [7, 11) is 0. The van der Waals surface area contributed by atoms with E-state index in [4.69, 9.17) is 0 Å². The highest BCUT2D eigenvalue weighted by Gasteiger charge is 2.21. The molecule has 1 saturated heterocycles.